The fourth-order valence-corrected chi connectivity index (χ4v) is 3.19. The predicted molar refractivity (Wildman–Crippen MR) is 112 cm³/mol. The van der Waals surface area contributed by atoms with Crippen LogP contribution in [0.15, 0.2) is 78.0 Å². The molecule has 0 spiro atoms. The van der Waals surface area contributed by atoms with Crippen LogP contribution in [-0.2, 0) is 7.05 Å². The number of para-hydroxylation sites is 1. The van der Waals surface area contributed by atoms with E-state index < -0.39 is 0 Å². The van der Waals surface area contributed by atoms with Crippen LogP contribution in [0.4, 0.5) is 0 Å². The van der Waals surface area contributed by atoms with Gasteiger partial charge in [-0.1, -0.05) is 42.5 Å². The second kappa shape index (κ2) is 7.48. The van der Waals surface area contributed by atoms with Gasteiger partial charge in [0.15, 0.2) is 0 Å². The minimum Gasteiger partial charge on any atom is -0.350 e. The normalized spacial score (nSPS) is 11.2. The molecule has 4 aromatic rings. The van der Waals surface area contributed by atoms with Crippen LogP contribution in [-0.4, -0.2) is 21.7 Å². The molecule has 0 saturated heterocycles. The molecule has 0 bridgehead atoms. The van der Waals surface area contributed by atoms with E-state index in [1.807, 2.05) is 91.5 Å². The average molecular weight is 368 g/mol. The number of carbonyl (C=O) groups excluding carboxylic acids is 1. The van der Waals surface area contributed by atoms with Crippen molar-refractivity contribution in [2.24, 2.45) is 12.1 Å². The number of nitrogens with zero attached hydrogens (tertiary/aromatic N) is 3. The lowest BCUT2D eigenvalue weighted by Gasteiger charge is -2.10. The Bertz CT molecular complexity index is 1190. The number of nitrogens with one attached hydrogen (secondary N) is 1. The zero-order chi connectivity index (χ0) is 19.5. The second-order valence-electron chi connectivity index (χ2n) is 6.63. The SMILES string of the molecule is Cc1ccccc1-c1cc(C(=O)N/N=C/c2cccn2C)c2ccccc2n1. The molecule has 0 aliphatic rings. The summed E-state index contributed by atoms with van der Waals surface area (Å²) >= 11 is 0. The number of aryl methyl sites for hydroxylation is 2. The van der Waals surface area contributed by atoms with Crippen molar-refractivity contribution in [3.63, 3.8) is 0 Å². The van der Waals surface area contributed by atoms with Crippen molar-refractivity contribution in [3.8, 4) is 11.3 Å². The van der Waals surface area contributed by atoms with Crippen molar-refractivity contribution in [2.75, 3.05) is 0 Å². The van der Waals surface area contributed by atoms with Gasteiger partial charge < -0.3 is 4.57 Å². The number of hydrogen-bond acceptors (Lipinski definition) is 3. The summed E-state index contributed by atoms with van der Waals surface area (Å²) in [4.78, 5) is 17.6. The van der Waals surface area contributed by atoms with Crippen LogP contribution in [0.25, 0.3) is 22.2 Å². The molecule has 28 heavy (non-hydrogen) atoms. The molecular formula is C23H20N4O. The third-order valence-electron chi connectivity index (χ3n) is 4.73. The third kappa shape index (κ3) is 3.42. The molecule has 0 fully saturated rings. The standard InChI is InChI=1S/C23H20N4O/c1-16-8-3-4-10-18(16)22-14-20(19-11-5-6-12-21(19)25-22)23(28)26-24-15-17-9-7-13-27(17)2/h3-15H,1-2H3,(H,26,28)/b24-15+. The van der Waals surface area contributed by atoms with Gasteiger partial charge in [-0.05, 0) is 36.8 Å². The van der Waals surface area contributed by atoms with Crippen molar-refractivity contribution in [3.05, 3.63) is 89.7 Å². The summed E-state index contributed by atoms with van der Waals surface area (Å²) < 4.78 is 1.92. The molecule has 0 aliphatic heterocycles. The first-order valence-corrected chi connectivity index (χ1v) is 9.04. The maximum Gasteiger partial charge on any atom is 0.272 e. The van der Waals surface area contributed by atoms with Crippen molar-refractivity contribution < 1.29 is 4.79 Å². The first kappa shape index (κ1) is 17.7. The maximum atomic E-state index is 12.9. The zero-order valence-corrected chi connectivity index (χ0v) is 15.8. The molecule has 2 aromatic carbocycles. The Morgan fingerprint density at radius 3 is 2.64 bits per heavy atom. The van der Waals surface area contributed by atoms with E-state index >= 15 is 0 Å². The summed E-state index contributed by atoms with van der Waals surface area (Å²) in [7, 11) is 1.92. The fraction of sp³-hybridized carbons (Fsp3) is 0.0870. The van der Waals surface area contributed by atoms with Gasteiger partial charge in [-0.2, -0.15) is 5.10 Å². The van der Waals surface area contributed by atoms with Crippen LogP contribution < -0.4 is 5.43 Å². The van der Waals surface area contributed by atoms with E-state index in [2.05, 4.69) is 10.5 Å². The Morgan fingerprint density at radius 2 is 1.86 bits per heavy atom. The molecule has 5 heteroatoms. The van der Waals surface area contributed by atoms with E-state index in [0.29, 0.717) is 5.56 Å². The van der Waals surface area contributed by atoms with Gasteiger partial charge in [-0.25, -0.2) is 10.4 Å². The highest BCUT2D eigenvalue weighted by Gasteiger charge is 2.14. The first-order valence-electron chi connectivity index (χ1n) is 9.04. The highest BCUT2D eigenvalue weighted by atomic mass is 16.2. The summed E-state index contributed by atoms with van der Waals surface area (Å²) in [6.07, 6.45) is 3.55. The summed E-state index contributed by atoms with van der Waals surface area (Å²) in [6, 6.07) is 21.3. The van der Waals surface area contributed by atoms with Crippen LogP contribution in [0.1, 0.15) is 21.6 Å². The van der Waals surface area contributed by atoms with E-state index in [0.717, 1.165) is 33.4 Å². The number of fused-ring (bicyclic) bond motifs is 1. The molecular weight excluding hydrogens is 348 g/mol. The minimum absolute atomic E-state index is 0.265. The molecule has 2 heterocycles. The number of amides is 1. The lowest BCUT2D eigenvalue weighted by Crippen LogP contribution is -2.18. The van der Waals surface area contributed by atoms with Crippen LogP contribution >= 0.6 is 0 Å². The molecule has 1 N–H and O–H groups in total. The topological polar surface area (TPSA) is 59.3 Å². The summed E-state index contributed by atoms with van der Waals surface area (Å²) in [5, 5.41) is 4.91. The Hall–Kier alpha value is -3.73. The molecule has 1 amide bonds. The van der Waals surface area contributed by atoms with Gasteiger partial charge in [-0.3, -0.25) is 4.79 Å². The van der Waals surface area contributed by atoms with E-state index in [4.69, 9.17) is 4.98 Å². The Balaban J connectivity index is 1.73. The molecule has 0 aliphatic carbocycles. The number of pyridine rings is 1. The van der Waals surface area contributed by atoms with E-state index in [-0.39, 0.29) is 5.91 Å². The quantitative estimate of drug-likeness (QED) is 0.431. The lowest BCUT2D eigenvalue weighted by molar-refractivity contribution is 0.0956. The number of rotatable bonds is 4. The monoisotopic (exact) mass is 368 g/mol. The summed E-state index contributed by atoms with van der Waals surface area (Å²) in [5.41, 5.74) is 7.76. The van der Waals surface area contributed by atoms with Crippen LogP contribution in [0.5, 0.6) is 0 Å². The van der Waals surface area contributed by atoms with Gasteiger partial charge in [0, 0.05) is 24.2 Å². The van der Waals surface area contributed by atoms with Crippen molar-refractivity contribution in [1.29, 1.82) is 0 Å². The first-order chi connectivity index (χ1) is 13.6. The van der Waals surface area contributed by atoms with Crippen LogP contribution in [0, 0.1) is 6.92 Å². The van der Waals surface area contributed by atoms with E-state index in [1.165, 1.54) is 0 Å². The van der Waals surface area contributed by atoms with Crippen LogP contribution in [0.3, 0.4) is 0 Å². The molecule has 0 atom stereocenters. The van der Waals surface area contributed by atoms with Crippen LogP contribution in [0.2, 0.25) is 0 Å². The van der Waals surface area contributed by atoms with Gasteiger partial charge in [0.05, 0.1) is 28.7 Å². The van der Waals surface area contributed by atoms with Gasteiger partial charge >= 0.3 is 0 Å². The Morgan fingerprint density at radius 1 is 1.07 bits per heavy atom. The summed E-state index contributed by atoms with van der Waals surface area (Å²) in [5.74, 6) is -0.265. The minimum atomic E-state index is -0.265. The zero-order valence-electron chi connectivity index (χ0n) is 15.8. The van der Waals surface area contributed by atoms with Crippen molar-refractivity contribution in [1.82, 2.24) is 15.0 Å². The van der Waals surface area contributed by atoms with Gasteiger partial charge in [0.1, 0.15) is 0 Å². The number of benzene rings is 2. The molecule has 0 unspecified atom stereocenters. The molecule has 5 nitrogen and oxygen atoms in total. The van der Waals surface area contributed by atoms with E-state index in [1.54, 1.807) is 6.21 Å². The highest BCUT2D eigenvalue weighted by Crippen LogP contribution is 2.26. The smallest absolute Gasteiger partial charge is 0.272 e. The number of hydrazone groups is 1. The number of aromatic nitrogens is 2. The fourth-order valence-electron chi connectivity index (χ4n) is 3.19. The lowest BCUT2D eigenvalue weighted by atomic mass is 10.0. The second-order valence-corrected chi connectivity index (χ2v) is 6.63. The molecule has 0 radical (unpaired) electrons. The van der Waals surface area contributed by atoms with Crippen molar-refractivity contribution >= 4 is 23.0 Å². The Labute approximate surface area is 163 Å². The molecule has 2 aromatic heterocycles. The molecule has 0 saturated carbocycles. The molecule has 138 valence electrons. The number of hydrogen-bond donors (Lipinski definition) is 1. The largest absolute Gasteiger partial charge is 0.350 e. The van der Waals surface area contributed by atoms with Crippen molar-refractivity contribution in [2.45, 2.75) is 6.92 Å². The van der Waals surface area contributed by atoms with Gasteiger partial charge in [-0.15, -0.1) is 0 Å². The van der Waals surface area contributed by atoms with E-state index in [9.17, 15) is 4.79 Å². The maximum absolute atomic E-state index is 12.9. The number of carbonyl (C=O) groups is 1. The molecule has 4 rings (SSSR count). The predicted octanol–water partition coefficient (Wildman–Crippen LogP) is 4.31. The van der Waals surface area contributed by atoms with Gasteiger partial charge in [0.25, 0.3) is 5.91 Å². The van der Waals surface area contributed by atoms with Gasteiger partial charge in [0.2, 0.25) is 0 Å². The average Bonchev–Trinajstić information content (AvgIpc) is 3.12. The Kier molecular flexibility index (Phi) is 4.72. The third-order valence-corrected chi connectivity index (χ3v) is 4.73. The summed E-state index contributed by atoms with van der Waals surface area (Å²) in [6.45, 7) is 2.04. The highest BCUT2D eigenvalue weighted by molar-refractivity contribution is 6.07.